The molecule has 0 saturated heterocycles. The van der Waals surface area contributed by atoms with E-state index in [0.29, 0.717) is 0 Å². The number of thiophene rings is 1. The molecule has 0 aliphatic carbocycles. The van der Waals surface area contributed by atoms with Crippen molar-refractivity contribution in [3.05, 3.63) is 188 Å². The van der Waals surface area contributed by atoms with E-state index >= 15 is 0 Å². The summed E-state index contributed by atoms with van der Waals surface area (Å²) in [5.41, 5.74) is 13.3. The van der Waals surface area contributed by atoms with Crippen molar-refractivity contribution in [3.63, 3.8) is 0 Å². The molecule has 0 unspecified atom stereocenters. The summed E-state index contributed by atoms with van der Waals surface area (Å²) >= 11 is 1.89. The Labute approximate surface area is 295 Å². The van der Waals surface area contributed by atoms with Crippen LogP contribution in [0.2, 0.25) is 0 Å². The Morgan fingerprint density at radius 1 is 0.320 bits per heavy atom. The highest BCUT2D eigenvalue weighted by atomic mass is 32.1. The number of nitrogens with zero attached hydrogens (tertiary/aromatic N) is 1. The van der Waals surface area contributed by atoms with Crippen LogP contribution in [0.1, 0.15) is 0 Å². The summed E-state index contributed by atoms with van der Waals surface area (Å²) < 4.78 is 5.05. The van der Waals surface area contributed by atoms with Crippen molar-refractivity contribution in [1.82, 2.24) is 4.57 Å². The Bertz CT molecular complexity index is 2860. The first-order valence-corrected chi connectivity index (χ1v) is 17.9. The van der Waals surface area contributed by atoms with Gasteiger partial charge in [-0.3, -0.25) is 0 Å². The van der Waals surface area contributed by atoms with Gasteiger partial charge in [0.25, 0.3) is 0 Å². The lowest BCUT2D eigenvalue weighted by Crippen LogP contribution is -1.93. The molecule has 2 aromatic heterocycles. The van der Waals surface area contributed by atoms with Gasteiger partial charge in [0.2, 0.25) is 0 Å². The Balaban J connectivity index is 1.22. The molecular formula is C48H31NS. The van der Waals surface area contributed by atoms with E-state index in [-0.39, 0.29) is 0 Å². The summed E-state index contributed by atoms with van der Waals surface area (Å²) in [4.78, 5) is 0. The molecule has 0 bridgehead atoms. The molecule has 2 heterocycles. The van der Waals surface area contributed by atoms with Gasteiger partial charge in [-0.25, -0.2) is 0 Å². The molecule has 0 amide bonds. The molecule has 1 nitrogen and oxygen atoms in total. The standard InChI is InChI=1S/C48H31NS/c1-3-13-32(14-4-1)33-15-11-16-34(27-33)36-28-37(30-38(29-36)40-21-12-22-44-43-20-8-10-24-47(43)50-48(40)44)35-25-26-42-41-19-7-9-23-45(41)49(46(42)31-35)39-17-5-2-6-18-39/h1-31H. The number of fused-ring (bicyclic) bond motifs is 6. The molecule has 0 atom stereocenters. The van der Waals surface area contributed by atoms with E-state index in [0.717, 1.165) is 0 Å². The van der Waals surface area contributed by atoms with Crippen molar-refractivity contribution < 1.29 is 0 Å². The molecule has 0 saturated carbocycles. The minimum atomic E-state index is 1.17. The first kappa shape index (κ1) is 28.8. The van der Waals surface area contributed by atoms with Crippen molar-refractivity contribution in [2.75, 3.05) is 0 Å². The van der Waals surface area contributed by atoms with Crippen molar-refractivity contribution in [2.24, 2.45) is 0 Å². The molecule has 0 spiro atoms. The summed E-state index contributed by atoms with van der Waals surface area (Å²) in [6.45, 7) is 0. The molecule has 0 radical (unpaired) electrons. The maximum absolute atomic E-state index is 2.40. The fraction of sp³-hybridized carbons (Fsp3) is 0. The largest absolute Gasteiger partial charge is 0.309 e. The third kappa shape index (κ3) is 4.76. The highest BCUT2D eigenvalue weighted by molar-refractivity contribution is 7.26. The van der Waals surface area contributed by atoms with Crippen molar-refractivity contribution in [2.45, 2.75) is 0 Å². The third-order valence-electron chi connectivity index (χ3n) is 9.97. The van der Waals surface area contributed by atoms with Gasteiger partial charge in [0.05, 0.1) is 11.0 Å². The SMILES string of the molecule is c1ccc(-c2cccc(-c3cc(-c4ccc5c6ccccc6n(-c6ccccc6)c5c4)cc(-c4cccc5c4sc4ccccc45)c3)c2)cc1. The van der Waals surface area contributed by atoms with Gasteiger partial charge >= 0.3 is 0 Å². The van der Waals surface area contributed by atoms with Crippen molar-refractivity contribution in [3.8, 4) is 50.2 Å². The number of hydrogen-bond donors (Lipinski definition) is 0. The monoisotopic (exact) mass is 653 g/mol. The zero-order valence-electron chi connectivity index (χ0n) is 27.3. The van der Waals surface area contributed by atoms with Crippen LogP contribution in [0, 0.1) is 0 Å². The van der Waals surface area contributed by atoms with Gasteiger partial charge in [-0.2, -0.15) is 0 Å². The number of aromatic nitrogens is 1. The van der Waals surface area contributed by atoms with E-state index in [2.05, 4.69) is 193 Å². The van der Waals surface area contributed by atoms with Gasteiger partial charge in [-0.1, -0.05) is 133 Å². The van der Waals surface area contributed by atoms with Crippen LogP contribution in [0.3, 0.4) is 0 Å². The number of hydrogen-bond acceptors (Lipinski definition) is 1. The molecule has 10 rings (SSSR count). The Morgan fingerprint density at radius 2 is 0.880 bits per heavy atom. The second-order valence-corrected chi connectivity index (χ2v) is 14.0. The van der Waals surface area contributed by atoms with Gasteiger partial charge in [0.15, 0.2) is 0 Å². The van der Waals surface area contributed by atoms with Gasteiger partial charge < -0.3 is 4.57 Å². The Morgan fingerprint density at radius 3 is 1.70 bits per heavy atom. The van der Waals surface area contributed by atoms with E-state index in [1.54, 1.807) is 0 Å². The second-order valence-electron chi connectivity index (χ2n) is 12.9. The quantitative estimate of drug-likeness (QED) is 0.174. The lowest BCUT2D eigenvalue weighted by Gasteiger charge is -2.14. The molecule has 8 aromatic carbocycles. The van der Waals surface area contributed by atoms with Crippen LogP contribution in [-0.4, -0.2) is 4.57 Å². The predicted molar refractivity (Wildman–Crippen MR) is 215 cm³/mol. The van der Waals surface area contributed by atoms with Crippen molar-refractivity contribution in [1.29, 1.82) is 0 Å². The zero-order valence-corrected chi connectivity index (χ0v) is 28.1. The van der Waals surface area contributed by atoms with Crippen LogP contribution in [-0.2, 0) is 0 Å². The van der Waals surface area contributed by atoms with E-state index in [1.165, 1.54) is 92.2 Å². The average molecular weight is 654 g/mol. The summed E-state index contributed by atoms with van der Waals surface area (Å²) in [5, 5.41) is 5.16. The molecule has 0 N–H and O–H groups in total. The number of benzene rings is 8. The molecule has 0 aliphatic rings. The van der Waals surface area contributed by atoms with E-state index in [1.807, 2.05) is 11.3 Å². The number of rotatable bonds is 5. The van der Waals surface area contributed by atoms with Crippen molar-refractivity contribution >= 4 is 53.3 Å². The highest BCUT2D eigenvalue weighted by Gasteiger charge is 2.16. The summed E-state index contributed by atoms with van der Waals surface area (Å²) in [7, 11) is 0. The predicted octanol–water partition coefficient (Wildman–Crippen LogP) is 13.8. The Hall–Kier alpha value is -6.22. The first-order chi connectivity index (χ1) is 24.8. The van der Waals surface area contributed by atoms with Crippen LogP contribution >= 0.6 is 11.3 Å². The molecule has 50 heavy (non-hydrogen) atoms. The van der Waals surface area contributed by atoms with Gasteiger partial charge in [-0.05, 0) is 99.1 Å². The summed E-state index contributed by atoms with van der Waals surface area (Å²) in [5.74, 6) is 0. The maximum Gasteiger partial charge on any atom is 0.0547 e. The topological polar surface area (TPSA) is 4.93 Å². The lowest BCUT2D eigenvalue weighted by atomic mass is 9.91. The summed E-state index contributed by atoms with van der Waals surface area (Å²) in [6, 6.07) is 68.7. The van der Waals surface area contributed by atoms with Gasteiger partial charge in [0.1, 0.15) is 0 Å². The first-order valence-electron chi connectivity index (χ1n) is 17.1. The van der Waals surface area contributed by atoms with Crippen LogP contribution in [0.4, 0.5) is 0 Å². The molecule has 234 valence electrons. The zero-order chi connectivity index (χ0) is 33.0. The molecule has 0 fully saturated rings. The fourth-order valence-electron chi connectivity index (χ4n) is 7.61. The average Bonchev–Trinajstić information content (AvgIpc) is 3.74. The molecule has 0 aliphatic heterocycles. The third-order valence-corrected chi connectivity index (χ3v) is 11.2. The lowest BCUT2D eigenvalue weighted by molar-refractivity contribution is 1.18. The summed E-state index contributed by atoms with van der Waals surface area (Å²) in [6.07, 6.45) is 0. The van der Waals surface area contributed by atoms with Gasteiger partial charge in [0, 0.05) is 36.6 Å². The molecule has 2 heteroatoms. The fourth-order valence-corrected chi connectivity index (χ4v) is 8.84. The smallest absolute Gasteiger partial charge is 0.0547 e. The van der Waals surface area contributed by atoms with E-state index in [9.17, 15) is 0 Å². The normalized spacial score (nSPS) is 11.6. The molecular weight excluding hydrogens is 623 g/mol. The van der Waals surface area contributed by atoms with Gasteiger partial charge in [-0.15, -0.1) is 11.3 Å². The Kier molecular flexibility index (Phi) is 6.75. The maximum atomic E-state index is 2.40. The minimum absolute atomic E-state index is 1.17. The minimum Gasteiger partial charge on any atom is -0.309 e. The number of para-hydroxylation sites is 2. The van der Waals surface area contributed by atoms with Crippen LogP contribution in [0.15, 0.2) is 188 Å². The van der Waals surface area contributed by atoms with E-state index < -0.39 is 0 Å². The molecule has 10 aromatic rings. The highest BCUT2D eigenvalue weighted by Crippen LogP contribution is 2.43. The second kappa shape index (κ2) is 11.7. The van der Waals surface area contributed by atoms with Crippen LogP contribution < -0.4 is 0 Å². The van der Waals surface area contributed by atoms with Crippen LogP contribution in [0.5, 0.6) is 0 Å². The van der Waals surface area contributed by atoms with E-state index in [4.69, 9.17) is 0 Å². The van der Waals surface area contributed by atoms with Crippen LogP contribution in [0.25, 0.3) is 92.2 Å².